The van der Waals surface area contributed by atoms with Gasteiger partial charge < -0.3 is 15.1 Å². The minimum absolute atomic E-state index is 0.227. The largest absolute Gasteiger partial charge is 0.395 e. The number of aliphatic hydroxyl groups is 2. The number of anilines is 1. The van der Waals surface area contributed by atoms with Crippen molar-refractivity contribution in [1.82, 2.24) is 9.88 Å². The highest BCUT2D eigenvalue weighted by atomic mass is 16.3. The second-order valence-electron chi connectivity index (χ2n) is 4.67. The van der Waals surface area contributed by atoms with Crippen LogP contribution in [0.15, 0.2) is 18.3 Å². The van der Waals surface area contributed by atoms with Crippen LogP contribution in [0.25, 0.3) is 0 Å². The van der Waals surface area contributed by atoms with Gasteiger partial charge in [-0.25, -0.2) is 0 Å². The number of β-amino-alcohol motifs (C(OH)–C–C–N with tert-alkyl or cyclic N) is 1. The fraction of sp³-hybridized carbons (Fsp3) is 0.615. The van der Waals surface area contributed by atoms with E-state index in [0.717, 1.165) is 38.4 Å². The van der Waals surface area contributed by atoms with E-state index in [9.17, 15) is 5.11 Å². The van der Waals surface area contributed by atoms with Gasteiger partial charge >= 0.3 is 0 Å². The number of hydrogen-bond acceptors (Lipinski definition) is 5. The molecule has 1 unspecified atom stereocenters. The lowest BCUT2D eigenvalue weighted by Crippen LogP contribution is -2.47. The molecule has 1 atom stereocenters. The maximum absolute atomic E-state index is 9.41. The molecule has 5 heteroatoms. The Hall–Kier alpha value is -1.17. The normalized spacial score (nSPS) is 18.9. The molecule has 0 aromatic carbocycles. The summed E-state index contributed by atoms with van der Waals surface area (Å²) in [4.78, 5) is 8.81. The molecule has 5 nitrogen and oxygen atoms in total. The number of rotatable bonds is 4. The zero-order valence-corrected chi connectivity index (χ0v) is 10.8. The average molecular weight is 251 g/mol. The molecule has 0 bridgehead atoms. The first-order valence-electron chi connectivity index (χ1n) is 6.43. The summed E-state index contributed by atoms with van der Waals surface area (Å²) in [5.74, 6) is 0. The number of pyridine rings is 1. The Kier molecular flexibility index (Phi) is 4.52. The summed E-state index contributed by atoms with van der Waals surface area (Å²) in [6.07, 6.45) is 1.31. The van der Waals surface area contributed by atoms with Crippen LogP contribution in [0, 0.1) is 0 Å². The Balaban J connectivity index is 1.93. The third-order valence-electron chi connectivity index (χ3n) is 3.35. The number of aromatic nitrogens is 1. The van der Waals surface area contributed by atoms with Crippen LogP contribution in [0.2, 0.25) is 0 Å². The molecule has 1 aliphatic rings. The molecule has 1 saturated heterocycles. The Morgan fingerprint density at radius 2 is 2.00 bits per heavy atom. The van der Waals surface area contributed by atoms with E-state index in [-0.39, 0.29) is 6.61 Å². The fourth-order valence-corrected chi connectivity index (χ4v) is 2.20. The Labute approximate surface area is 108 Å². The summed E-state index contributed by atoms with van der Waals surface area (Å²) in [6, 6.07) is 3.89. The molecule has 2 rings (SSSR count). The molecule has 1 aliphatic heterocycles. The molecule has 0 radical (unpaired) electrons. The van der Waals surface area contributed by atoms with Gasteiger partial charge in [0.1, 0.15) is 0 Å². The molecule has 1 aromatic heterocycles. The quantitative estimate of drug-likeness (QED) is 0.803. The smallest absolute Gasteiger partial charge is 0.0931 e. The van der Waals surface area contributed by atoms with Gasteiger partial charge in [0, 0.05) is 32.7 Å². The van der Waals surface area contributed by atoms with Crippen LogP contribution in [-0.2, 0) is 0 Å². The molecule has 0 spiro atoms. The van der Waals surface area contributed by atoms with Crippen LogP contribution >= 0.6 is 0 Å². The van der Waals surface area contributed by atoms with Crippen LogP contribution in [0.3, 0.4) is 0 Å². The number of hydrogen-bond donors (Lipinski definition) is 2. The van der Waals surface area contributed by atoms with E-state index in [1.807, 2.05) is 18.3 Å². The second kappa shape index (κ2) is 6.13. The average Bonchev–Trinajstić information content (AvgIpc) is 2.40. The van der Waals surface area contributed by atoms with Crippen LogP contribution in [-0.4, -0.2) is 59.4 Å². The molecule has 0 aliphatic carbocycles. The Bertz CT molecular complexity index is 359. The minimum atomic E-state index is -0.513. The molecule has 1 fully saturated rings. The predicted molar refractivity (Wildman–Crippen MR) is 70.6 cm³/mol. The van der Waals surface area contributed by atoms with Gasteiger partial charge in [-0.2, -0.15) is 0 Å². The molecule has 18 heavy (non-hydrogen) atoms. The van der Waals surface area contributed by atoms with Crippen LogP contribution in [0.1, 0.15) is 18.7 Å². The van der Waals surface area contributed by atoms with Crippen molar-refractivity contribution in [1.29, 1.82) is 0 Å². The lowest BCUT2D eigenvalue weighted by Gasteiger charge is -2.35. The van der Waals surface area contributed by atoms with Crippen LogP contribution in [0.4, 0.5) is 5.69 Å². The van der Waals surface area contributed by atoms with Crippen molar-refractivity contribution in [2.75, 3.05) is 44.2 Å². The maximum atomic E-state index is 9.41. The van der Waals surface area contributed by atoms with E-state index < -0.39 is 6.10 Å². The second-order valence-corrected chi connectivity index (χ2v) is 4.67. The summed E-state index contributed by atoms with van der Waals surface area (Å²) in [6.45, 7) is 6.55. The van der Waals surface area contributed by atoms with E-state index in [4.69, 9.17) is 5.11 Å². The number of nitrogens with zero attached hydrogens (tertiary/aromatic N) is 3. The highest BCUT2D eigenvalue weighted by Crippen LogP contribution is 2.17. The molecule has 2 heterocycles. The highest BCUT2D eigenvalue weighted by Gasteiger charge is 2.16. The summed E-state index contributed by atoms with van der Waals surface area (Å²) in [5, 5.41) is 18.3. The Morgan fingerprint density at radius 1 is 1.28 bits per heavy atom. The van der Waals surface area contributed by atoms with Crippen LogP contribution in [0.5, 0.6) is 0 Å². The van der Waals surface area contributed by atoms with Gasteiger partial charge in [0.25, 0.3) is 0 Å². The van der Waals surface area contributed by atoms with Gasteiger partial charge in [0.15, 0.2) is 0 Å². The van der Waals surface area contributed by atoms with E-state index in [1.165, 1.54) is 0 Å². The topological polar surface area (TPSA) is 59.8 Å². The summed E-state index contributed by atoms with van der Waals surface area (Å²) >= 11 is 0. The van der Waals surface area contributed by atoms with Crippen molar-refractivity contribution in [2.24, 2.45) is 0 Å². The van der Waals surface area contributed by atoms with Crippen molar-refractivity contribution in [3.63, 3.8) is 0 Å². The van der Waals surface area contributed by atoms with Crippen molar-refractivity contribution in [3.8, 4) is 0 Å². The first-order chi connectivity index (χ1) is 8.70. The summed E-state index contributed by atoms with van der Waals surface area (Å²) in [5.41, 5.74) is 1.81. The van der Waals surface area contributed by atoms with Gasteiger partial charge in [-0.15, -0.1) is 0 Å². The number of piperazine rings is 1. The third kappa shape index (κ3) is 3.19. The van der Waals surface area contributed by atoms with Crippen molar-refractivity contribution in [3.05, 3.63) is 24.0 Å². The lowest BCUT2D eigenvalue weighted by molar-refractivity contribution is 0.188. The van der Waals surface area contributed by atoms with Gasteiger partial charge in [0.05, 0.1) is 30.3 Å². The monoisotopic (exact) mass is 251 g/mol. The Morgan fingerprint density at radius 3 is 2.50 bits per heavy atom. The van der Waals surface area contributed by atoms with E-state index >= 15 is 0 Å². The fourth-order valence-electron chi connectivity index (χ4n) is 2.20. The molecular formula is C13H21N3O2. The van der Waals surface area contributed by atoms with E-state index in [2.05, 4.69) is 14.8 Å². The first kappa shape index (κ1) is 13.3. The van der Waals surface area contributed by atoms with Crippen LogP contribution < -0.4 is 4.90 Å². The molecule has 2 N–H and O–H groups in total. The van der Waals surface area contributed by atoms with Gasteiger partial charge in [-0.05, 0) is 19.1 Å². The lowest BCUT2D eigenvalue weighted by atomic mass is 10.2. The molecular weight excluding hydrogens is 230 g/mol. The molecule has 1 aromatic rings. The maximum Gasteiger partial charge on any atom is 0.0931 e. The predicted octanol–water partition coefficient (Wildman–Crippen LogP) is 0.249. The van der Waals surface area contributed by atoms with E-state index in [0.29, 0.717) is 5.69 Å². The van der Waals surface area contributed by atoms with Gasteiger partial charge in [-0.1, -0.05) is 0 Å². The minimum Gasteiger partial charge on any atom is -0.395 e. The zero-order chi connectivity index (χ0) is 13.0. The highest BCUT2D eigenvalue weighted by molar-refractivity contribution is 5.45. The molecule has 0 saturated carbocycles. The molecule has 0 amide bonds. The standard InChI is InChI=1S/C13H21N3O2/c1-11(18)13-3-2-12(10-14-13)16-6-4-15(5-7-16)8-9-17/h2-3,10-11,17-18H,4-9H2,1H3. The molecule has 100 valence electrons. The van der Waals surface area contributed by atoms with Crippen molar-refractivity contribution >= 4 is 5.69 Å². The third-order valence-corrected chi connectivity index (χ3v) is 3.35. The summed E-state index contributed by atoms with van der Waals surface area (Å²) in [7, 11) is 0. The van der Waals surface area contributed by atoms with Crippen molar-refractivity contribution < 1.29 is 10.2 Å². The van der Waals surface area contributed by atoms with Crippen molar-refractivity contribution in [2.45, 2.75) is 13.0 Å². The SMILES string of the molecule is CC(O)c1ccc(N2CCN(CCO)CC2)cn1. The van der Waals surface area contributed by atoms with E-state index in [1.54, 1.807) is 6.92 Å². The van der Waals surface area contributed by atoms with Gasteiger partial charge in [0.2, 0.25) is 0 Å². The number of aliphatic hydroxyl groups excluding tert-OH is 2. The first-order valence-corrected chi connectivity index (χ1v) is 6.43. The zero-order valence-electron chi connectivity index (χ0n) is 10.8. The van der Waals surface area contributed by atoms with Gasteiger partial charge in [-0.3, -0.25) is 9.88 Å². The summed E-state index contributed by atoms with van der Waals surface area (Å²) < 4.78 is 0.